The first-order chi connectivity index (χ1) is 10.8. The van der Waals surface area contributed by atoms with E-state index in [1.807, 2.05) is 0 Å². The van der Waals surface area contributed by atoms with Crippen LogP contribution < -0.4 is 5.32 Å². The molecule has 0 aliphatic rings. The molecule has 124 valence electrons. The van der Waals surface area contributed by atoms with Gasteiger partial charge in [-0.25, -0.2) is 0 Å². The minimum Gasteiger partial charge on any atom is -0.505 e. The molecule has 0 aliphatic heterocycles. The highest BCUT2D eigenvalue weighted by molar-refractivity contribution is 5.83. The third-order valence-electron chi connectivity index (χ3n) is 4.04. The zero-order chi connectivity index (χ0) is 16.0. The van der Waals surface area contributed by atoms with Crippen LogP contribution >= 0.6 is 0 Å². The van der Waals surface area contributed by atoms with E-state index in [-0.39, 0.29) is 5.75 Å². The largest absolute Gasteiger partial charge is 0.505 e. The van der Waals surface area contributed by atoms with Gasteiger partial charge in [0.05, 0.1) is 11.3 Å². The number of aldehydes is 1. The Morgan fingerprint density at radius 3 is 2.14 bits per heavy atom. The number of benzene rings is 1. The molecule has 0 heterocycles. The summed E-state index contributed by atoms with van der Waals surface area (Å²) in [5.74, 6) is 0.0598. The number of aromatic hydroxyl groups is 1. The fraction of sp³-hybridized carbons (Fsp3) is 0.632. The number of para-hydroxylation sites is 1. The lowest BCUT2D eigenvalue weighted by Gasteiger charge is -2.09. The Balaban J connectivity index is 2.01. The van der Waals surface area contributed by atoms with E-state index in [1.54, 1.807) is 18.2 Å². The van der Waals surface area contributed by atoms with E-state index < -0.39 is 0 Å². The van der Waals surface area contributed by atoms with Gasteiger partial charge in [0.25, 0.3) is 0 Å². The summed E-state index contributed by atoms with van der Waals surface area (Å²) in [6, 6.07) is 5.21. The van der Waals surface area contributed by atoms with E-state index in [4.69, 9.17) is 0 Å². The van der Waals surface area contributed by atoms with Crippen LogP contribution in [0.2, 0.25) is 0 Å². The number of carbonyl (C=O) groups excluding carboxylic acids is 1. The maximum atomic E-state index is 10.8. The average Bonchev–Trinajstić information content (AvgIpc) is 2.54. The highest BCUT2D eigenvalue weighted by atomic mass is 16.3. The van der Waals surface area contributed by atoms with Crippen molar-refractivity contribution in [3.05, 3.63) is 23.8 Å². The van der Waals surface area contributed by atoms with Gasteiger partial charge in [-0.15, -0.1) is 0 Å². The molecular weight excluding hydrogens is 274 g/mol. The number of phenols is 1. The van der Waals surface area contributed by atoms with Gasteiger partial charge in [0.2, 0.25) is 0 Å². The number of hydrogen-bond donors (Lipinski definition) is 2. The Hall–Kier alpha value is -1.51. The number of carbonyl (C=O) groups is 1. The van der Waals surface area contributed by atoms with Gasteiger partial charge in [-0.3, -0.25) is 4.79 Å². The quantitative estimate of drug-likeness (QED) is 0.286. The van der Waals surface area contributed by atoms with Crippen LogP contribution in [0.1, 0.15) is 81.5 Å². The van der Waals surface area contributed by atoms with Crippen LogP contribution in [0.5, 0.6) is 5.75 Å². The molecule has 22 heavy (non-hydrogen) atoms. The van der Waals surface area contributed by atoms with Crippen molar-refractivity contribution in [1.82, 2.24) is 0 Å². The van der Waals surface area contributed by atoms with Gasteiger partial charge in [-0.1, -0.05) is 70.8 Å². The predicted octanol–water partition coefficient (Wildman–Crippen LogP) is 5.54. The number of unbranched alkanes of at least 4 members (excludes halogenated alkanes) is 9. The first-order valence-electron chi connectivity index (χ1n) is 8.80. The van der Waals surface area contributed by atoms with Crippen LogP contribution in [-0.4, -0.2) is 17.9 Å². The number of anilines is 1. The lowest BCUT2D eigenvalue weighted by atomic mass is 10.1. The van der Waals surface area contributed by atoms with Crippen molar-refractivity contribution in [3.8, 4) is 5.75 Å². The second-order valence-corrected chi connectivity index (χ2v) is 5.97. The summed E-state index contributed by atoms with van der Waals surface area (Å²) in [6.07, 6.45) is 13.8. The molecule has 0 amide bonds. The minimum absolute atomic E-state index is 0.0598. The van der Waals surface area contributed by atoms with Crippen molar-refractivity contribution in [3.63, 3.8) is 0 Å². The summed E-state index contributed by atoms with van der Waals surface area (Å²) in [4.78, 5) is 10.8. The Kier molecular flexibility index (Phi) is 10.2. The van der Waals surface area contributed by atoms with Gasteiger partial charge in [-0.05, 0) is 18.6 Å². The van der Waals surface area contributed by atoms with Crippen LogP contribution in [0.3, 0.4) is 0 Å². The standard InChI is InChI=1S/C19H31NO2/c1-2-3-4-5-6-7-8-9-10-11-15-20-18-14-12-13-17(16-21)19(18)22/h12-14,16,20,22H,2-11,15H2,1H3. The molecule has 3 heteroatoms. The molecule has 0 bridgehead atoms. The van der Waals surface area contributed by atoms with Gasteiger partial charge >= 0.3 is 0 Å². The summed E-state index contributed by atoms with van der Waals surface area (Å²) in [6.45, 7) is 3.09. The second kappa shape index (κ2) is 12.1. The molecule has 0 radical (unpaired) electrons. The van der Waals surface area contributed by atoms with E-state index in [9.17, 15) is 9.90 Å². The lowest BCUT2D eigenvalue weighted by Crippen LogP contribution is -2.02. The Morgan fingerprint density at radius 2 is 1.55 bits per heavy atom. The number of nitrogens with one attached hydrogen (secondary N) is 1. The van der Waals surface area contributed by atoms with E-state index >= 15 is 0 Å². The van der Waals surface area contributed by atoms with E-state index in [2.05, 4.69) is 12.2 Å². The van der Waals surface area contributed by atoms with Gasteiger partial charge in [0, 0.05) is 6.54 Å². The topological polar surface area (TPSA) is 49.3 Å². The van der Waals surface area contributed by atoms with Crippen LogP contribution in [0.4, 0.5) is 5.69 Å². The first-order valence-corrected chi connectivity index (χ1v) is 8.80. The summed E-state index contributed by atoms with van der Waals surface area (Å²) < 4.78 is 0. The Morgan fingerprint density at radius 1 is 0.955 bits per heavy atom. The third-order valence-corrected chi connectivity index (χ3v) is 4.04. The normalized spacial score (nSPS) is 10.6. The fourth-order valence-corrected chi connectivity index (χ4v) is 2.63. The molecule has 1 rings (SSSR count). The molecule has 0 atom stereocenters. The highest BCUT2D eigenvalue weighted by Gasteiger charge is 2.04. The van der Waals surface area contributed by atoms with Gasteiger partial charge in [0.15, 0.2) is 6.29 Å². The SMILES string of the molecule is CCCCCCCCCCCCNc1cccc(C=O)c1O. The maximum Gasteiger partial charge on any atom is 0.153 e. The molecule has 0 aliphatic carbocycles. The minimum atomic E-state index is 0.0598. The molecule has 2 N–H and O–H groups in total. The van der Waals surface area contributed by atoms with Gasteiger partial charge in [-0.2, -0.15) is 0 Å². The molecular formula is C19H31NO2. The predicted molar refractivity (Wildman–Crippen MR) is 93.8 cm³/mol. The molecule has 3 nitrogen and oxygen atoms in total. The van der Waals surface area contributed by atoms with E-state index in [1.165, 1.54) is 57.8 Å². The zero-order valence-electron chi connectivity index (χ0n) is 13.9. The van der Waals surface area contributed by atoms with Crippen molar-refractivity contribution in [2.45, 2.75) is 71.1 Å². The van der Waals surface area contributed by atoms with E-state index in [0.717, 1.165) is 13.0 Å². The monoisotopic (exact) mass is 305 g/mol. The molecule has 0 spiro atoms. The molecule has 0 aromatic heterocycles. The fourth-order valence-electron chi connectivity index (χ4n) is 2.63. The summed E-state index contributed by atoms with van der Waals surface area (Å²) >= 11 is 0. The van der Waals surface area contributed by atoms with Gasteiger partial charge < -0.3 is 10.4 Å². The average molecular weight is 305 g/mol. The van der Waals surface area contributed by atoms with Crippen LogP contribution in [0.25, 0.3) is 0 Å². The van der Waals surface area contributed by atoms with Crippen molar-refractivity contribution in [2.24, 2.45) is 0 Å². The Labute approximate surface area is 135 Å². The van der Waals surface area contributed by atoms with Crippen LogP contribution in [0.15, 0.2) is 18.2 Å². The molecule has 1 aromatic rings. The molecule has 0 unspecified atom stereocenters. The first kappa shape index (κ1) is 18.5. The molecule has 0 fully saturated rings. The summed E-state index contributed by atoms with van der Waals surface area (Å²) in [5, 5.41) is 13.1. The smallest absolute Gasteiger partial charge is 0.153 e. The second-order valence-electron chi connectivity index (χ2n) is 5.97. The lowest BCUT2D eigenvalue weighted by molar-refractivity contribution is 0.112. The molecule has 0 saturated heterocycles. The van der Waals surface area contributed by atoms with E-state index in [0.29, 0.717) is 17.5 Å². The number of rotatable bonds is 13. The Bertz CT molecular complexity index is 418. The van der Waals surface area contributed by atoms with Crippen molar-refractivity contribution < 1.29 is 9.90 Å². The summed E-state index contributed by atoms with van der Waals surface area (Å²) in [5.41, 5.74) is 0.994. The van der Waals surface area contributed by atoms with Crippen LogP contribution in [0, 0.1) is 0 Å². The highest BCUT2D eigenvalue weighted by Crippen LogP contribution is 2.26. The number of hydrogen-bond acceptors (Lipinski definition) is 3. The maximum absolute atomic E-state index is 10.8. The summed E-state index contributed by atoms with van der Waals surface area (Å²) in [7, 11) is 0. The molecule has 0 saturated carbocycles. The van der Waals surface area contributed by atoms with Crippen LogP contribution in [-0.2, 0) is 0 Å². The van der Waals surface area contributed by atoms with Crippen molar-refractivity contribution in [1.29, 1.82) is 0 Å². The molecule has 1 aromatic carbocycles. The van der Waals surface area contributed by atoms with Gasteiger partial charge in [0.1, 0.15) is 5.75 Å². The van der Waals surface area contributed by atoms with Crippen molar-refractivity contribution >= 4 is 12.0 Å². The van der Waals surface area contributed by atoms with Crippen molar-refractivity contribution in [2.75, 3.05) is 11.9 Å². The third kappa shape index (κ3) is 7.48. The number of phenolic OH excluding ortho intramolecular Hbond substituents is 1. The zero-order valence-corrected chi connectivity index (χ0v) is 13.9.